The van der Waals surface area contributed by atoms with E-state index in [-0.39, 0.29) is 5.82 Å². The SMILES string of the molecule is Cc1cccn2c(N=O)c(-c3ccc4c(c3)OCCCO4)nc12. The quantitative estimate of drug-likeness (QED) is 0.674. The van der Waals surface area contributed by atoms with E-state index < -0.39 is 0 Å². The second kappa shape index (κ2) is 5.39. The van der Waals surface area contributed by atoms with Gasteiger partial charge in [-0.15, -0.1) is 4.91 Å². The number of aryl methyl sites for hydroxylation is 1. The van der Waals surface area contributed by atoms with Crippen LogP contribution < -0.4 is 9.47 Å². The van der Waals surface area contributed by atoms with Crippen LogP contribution in [0.2, 0.25) is 0 Å². The summed E-state index contributed by atoms with van der Waals surface area (Å²) >= 11 is 0. The molecule has 0 saturated carbocycles. The lowest BCUT2D eigenvalue weighted by atomic mass is 10.1. The number of hydrogen-bond acceptors (Lipinski definition) is 5. The zero-order chi connectivity index (χ0) is 15.8. The van der Waals surface area contributed by atoms with Gasteiger partial charge in [0, 0.05) is 18.2 Å². The predicted octanol–water partition coefficient (Wildman–Crippen LogP) is 3.87. The van der Waals surface area contributed by atoms with E-state index in [0.717, 1.165) is 23.2 Å². The lowest BCUT2D eigenvalue weighted by Gasteiger charge is -2.08. The van der Waals surface area contributed by atoms with Crippen molar-refractivity contribution in [2.45, 2.75) is 13.3 Å². The monoisotopic (exact) mass is 309 g/mol. The fraction of sp³-hybridized carbons (Fsp3) is 0.235. The van der Waals surface area contributed by atoms with Crippen LogP contribution in [0.1, 0.15) is 12.0 Å². The van der Waals surface area contributed by atoms with Crippen LogP contribution in [-0.4, -0.2) is 22.6 Å². The van der Waals surface area contributed by atoms with E-state index in [9.17, 15) is 4.91 Å². The maximum Gasteiger partial charge on any atom is 0.209 e. The third-order valence-corrected chi connectivity index (χ3v) is 3.93. The summed E-state index contributed by atoms with van der Waals surface area (Å²) < 4.78 is 13.1. The first kappa shape index (κ1) is 13.8. The highest BCUT2D eigenvalue weighted by atomic mass is 16.5. The van der Waals surface area contributed by atoms with Crippen LogP contribution in [0.15, 0.2) is 41.7 Å². The van der Waals surface area contributed by atoms with Gasteiger partial charge in [0.2, 0.25) is 5.82 Å². The number of pyridine rings is 1. The molecule has 0 spiro atoms. The molecule has 1 aliphatic heterocycles. The van der Waals surface area contributed by atoms with E-state index in [1.165, 1.54) is 0 Å². The average Bonchev–Trinajstić information content (AvgIpc) is 2.79. The number of ether oxygens (including phenoxy) is 2. The number of hydrogen-bond donors (Lipinski definition) is 0. The lowest BCUT2D eigenvalue weighted by Crippen LogP contribution is -1.97. The lowest BCUT2D eigenvalue weighted by molar-refractivity contribution is 0.297. The third kappa shape index (κ3) is 2.23. The first-order valence-corrected chi connectivity index (χ1v) is 7.49. The van der Waals surface area contributed by atoms with E-state index in [4.69, 9.17) is 9.47 Å². The van der Waals surface area contributed by atoms with Crippen molar-refractivity contribution in [1.29, 1.82) is 0 Å². The normalized spacial score (nSPS) is 13.8. The first-order chi connectivity index (χ1) is 11.3. The molecule has 3 heterocycles. The maximum atomic E-state index is 11.4. The number of nitroso groups, excluding NO2 is 1. The minimum atomic E-state index is 0.290. The molecule has 0 saturated heterocycles. The Labute approximate surface area is 132 Å². The van der Waals surface area contributed by atoms with Gasteiger partial charge in [0.25, 0.3) is 0 Å². The number of fused-ring (bicyclic) bond motifs is 2. The molecule has 4 rings (SSSR count). The molecule has 0 fully saturated rings. The van der Waals surface area contributed by atoms with Crippen molar-refractivity contribution < 1.29 is 9.47 Å². The molecule has 6 heteroatoms. The minimum absolute atomic E-state index is 0.290. The fourth-order valence-electron chi connectivity index (χ4n) is 2.78. The van der Waals surface area contributed by atoms with Crippen molar-refractivity contribution in [3.8, 4) is 22.8 Å². The van der Waals surface area contributed by atoms with Gasteiger partial charge in [-0.25, -0.2) is 4.98 Å². The maximum absolute atomic E-state index is 11.4. The van der Waals surface area contributed by atoms with Crippen LogP contribution in [0.4, 0.5) is 5.82 Å². The van der Waals surface area contributed by atoms with Crippen LogP contribution in [-0.2, 0) is 0 Å². The highest BCUT2D eigenvalue weighted by molar-refractivity contribution is 5.77. The molecule has 0 atom stereocenters. The zero-order valence-electron chi connectivity index (χ0n) is 12.7. The molecule has 23 heavy (non-hydrogen) atoms. The van der Waals surface area contributed by atoms with Gasteiger partial charge in [0.1, 0.15) is 11.3 Å². The number of rotatable bonds is 2. The molecule has 6 nitrogen and oxygen atoms in total. The Hall–Kier alpha value is -2.89. The standard InChI is InChI=1S/C17H15N3O3/c1-11-4-2-7-20-16(11)18-15(17(20)19-21)12-5-6-13-14(10-12)23-9-3-8-22-13/h2,4-7,10H,3,8-9H2,1H3. The minimum Gasteiger partial charge on any atom is -0.490 e. The third-order valence-electron chi connectivity index (χ3n) is 3.93. The highest BCUT2D eigenvalue weighted by Gasteiger charge is 2.18. The first-order valence-electron chi connectivity index (χ1n) is 7.49. The Morgan fingerprint density at radius 2 is 2.00 bits per heavy atom. The van der Waals surface area contributed by atoms with Gasteiger partial charge in [0.15, 0.2) is 11.5 Å². The molecule has 3 aromatic rings. The molecule has 0 unspecified atom stereocenters. The number of nitrogens with zero attached hydrogens (tertiary/aromatic N) is 3. The van der Waals surface area contributed by atoms with Crippen LogP contribution in [0.3, 0.4) is 0 Å². The topological polar surface area (TPSA) is 65.2 Å². The number of aromatic nitrogens is 2. The molecule has 1 aromatic carbocycles. The van der Waals surface area contributed by atoms with Crippen molar-refractivity contribution >= 4 is 11.5 Å². The van der Waals surface area contributed by atoms with Crippen LogP contribution in [0.25, 0.3) is 16.9 Å². The van der Waals surface area contributed by atoms with Crippen molar-refractivity contribution in [2.24, 2.45) is 5.18 Å². The van der Waals surface area contributed by atoms with Crippen LogP contribution >= 0.6 is 0 Å². The second-order valence-corrected chi connectivity index (χ2v) is 5.47. The Kier molecular flexibility index (Phi) is 3.22. The molecular formula is C17H15N3O3. The van der Waals surface area contributed by atoms with Crippen molar-refractivity contribution in [3.63, 3.8) is 0 Å². The number of benzene rings is 1. The molecule has 1 aliphatic rings. The average molecular weight is 309 g/mol. The molecule has 0 aliphatic carbocycles. The largest absolute Gasteiger partial charge is 0.490 e. The van der Waals surface area contributed by atoms with Gasteiger partial charge in [-0.05, 0) is 41.9 Å². The molecule has 0 N–H and O–H groups in total. The summed E-state index contributed by atoms with van der Waals surface area (Å²) in [7, 11) is 0. The Balaban J connectivity index is 1.91. The van der Waals surface area contributed by atoms with Crippen molar-refractivity contribution in [1.82, 2.24) is 9.38 Å². The molecule has 0 amide bonds. The van der Waals surface area contributed by atoms with Gasteiger partial charge in [-0.1, -0.05) is 6.07 Å². The van der Waals surface area contributed by atoms with Crippen LogP contribution in [0.5, 0.6) is 11.5 Å². The Morgan fingerprint density at radius 1 is 1.17 bits per heavy atom. The molecular weight excluding hydrogens is 294 g/mol. The van der Waals surface area contributed by atoms with E-state index in [2.05, 4.69) is 10.2 Å². The van der Waals surface area contributed by atoms with Gasteiger partial charge < -0.3 is 9.47 Å². The summed E-state index contributed by atoms with van der Waals surface area (Å²) in [6, 6.07) is 9.40. The van der Waals surface area contributed by atoms with E-state index >= 15 is 0 Å². The summed E-state index contributed by atoms with van der Waals surface area (Å²) in [5, 5.41) is 3.19. The summed E-state index contributed by atoms with van der Waals surface area (Å²) in [5.41, 5.74) is 3.04. The molecule has 2 aromatic heterocycles. The summed E-state index contributed by atoms with van der Waals surface area (Å²) in [6.45, 7) is 3.20. The highest BCUT2D eigenvalue weighted by Crippen LogP contribution is 2.37. The smallest absolute Gasteiger partial charge is 0.209 e. The van der Waals surface area contributed by atoms with Gasteiger partial charge >= 0.3 is 0 Å². The molecule has 0 radical (unpaired) electrons. The molecule has 116 valence electrons. The van der Waals surface area contributed by atoms with Crippen molar-refractivity contribution in [3.05, 3.63) is 47.0 Å². The van der Waals surface area contributed by atoms with E-state index in [1.54, 1.807) is 10.6 Å². The summed E-state index contributed by atoms with van der Waals surface area (Å²) in [6.07, 6.45) is 2.64. The fourth-order valence-corrected chi connectivity index (χ4v) is 2.78. The Morgan fingerprint density at radius 3 is 2.83 bits per heavy atom. The molecule has 0 bridgehead atoms. The number of imidazole rings is 1. The zero-order valence-corrected chi connectivity index (χ0v) is 12.7. The Bertz CT molecular complexity index is 901. The van der Waals surface area contributed by atoms with E-state index in [0.29, 0.717) is 30.4 Å². The second-order valence-electron chi connectivity index (χ2n) is 5.47. The summed E-state index contributed by atoms with van der Waals surface area (Å²) in [4.78, 5) is 16.0. The van der Waals surface area contributed by atoms with Crippen molar-refractivity contribution in [2.75, 3.05) is 13.2 Å². The van der Waals surface area contributed by atoms with Gasteiger partial charge in [-0.2, -0.15) is 0 Å². The predicted molar refractivity (Wildman–Crippen MR) is 86.4 cm³/mol. The van der Waals surface area contributed by atoms with Crippen LogP contribution in [0, 0.1) is 11.8 Å². The van der Waals surface area contributed by atoms with E-state index in [1.807, 2.05) is 37.3 Å². The van der Waals surface area contributed by atoms with Gasteiger partial charge in [-0.3, -0.25) is 4.40 Å². The van der Waals surface area contributed by atoms with Gasteiger partial charge in [0.05, 0.1) is 13.2 Å². The summed E-state index contributed by atoms with van der Waals surface area (Å²) in [5.74, 6) is 1.68.